The molecule has 1 fully saturated rings. The van der Waals surface area contributed by atoms with E-state index in [-0.39, 0.29) is 12.4 Å². The third kappa shape index (κ3) is 5.33. The van der Waals surface area contributed by atoms with Crippen LogP contribution in [0, 0.1) is 5.82 Å². The lowest BCUT2D eigenvalue weighted by Crippen LogP contribution is -2.49. The second-order valence-corrected chi connectivity index (χ2v) is 6.62. The molecule has 2 aromatic carbocycles. The molecule has 0 spiro atoms. The number of aliphatic hydroxyl groups is 1. The SMILES string of the molecule is OC(COc1ccc(F)cc1)CN1CCN(c2cccc(Cl)c2)CC1. The van der Waals surface area contributed by atoms with Gasteiger partial charge in [-0.05, 0) is 42.5 Å². The van der Waals surface area contributed by atoms with Gasteiger partial charge in [-0.2, -0.15) is 0 Å². The summed E-state index contributed by atoms with van der Waals surface area (Å²) < 4.78 is 18.3. The van der Waals surface area contributed by atoms with Gasteiger partial charge in [-0.3, -0.25) is 4.90 Å². The number of halogens is 2. The van der Waals surface area contributed by atoms with E-state index in [1.54, 1.807) is 12.1 Å². The number of ether oxygens (including phenoxy) is 1. The molecule has 3 rings (SSSR count). The van der Waals surface area contributed by atoms with E-state index in [9.17, 15) is 9.50 Å². The first-order valence-corrected chi connectivity index (χ1v) is 8.77. The van der Waals surface area contributed by atoms with Crippen LogP contribution in [-0.4, -0.2) is 55.4 Å². The van der Waals surface area contributed by atoms with Gasteiger partial charge in [0.05, 0.1) is 0 Å². The molecule has 1 N–H and O–H groups in total. The molecule has 0 amide bonds. The number of β-amino-alcohol motifs (C(OH)–C–C–N with tert-alkyl or cyclic N) is 1. The second kappa shape index (κ2) is 8.52. The third-order valence-electron chi connectivity index (χ3n) is 4.27. The van der Waals surface area contributed by atoms with Crippen LogP contribution in [0.2, 0.25) is 5.02 Å². The Balaban J connectivity index is 1.41. The van der Waals surface area contributed by atoms with Crippen molar-refractivity contribution in [3.8, 4) is 5.75 Å². The molecule has 1 saturated heterocycles. The van der Waals surface area contributed by atoms with Crippen molar-refractivity contribution in [3.05, 3.63) is 59.4 Å². The highest BCUT2D eigenvalue weighted by Gasteiger charge is 2.20. The molecule has 0 saturated carbocycles. The molecule has 134 valence electrons. The van der Waals surface area contributed by atoms with Crippen molar-refractivity contribution in [1.82, 2.24) is 4.90 Å². The summed E-state index contributed by atoms with van der Waals surface area (Å²) in [6.45, 7) is 4.29. The van der Waals surface area contributed by atoms with Crippen LogP contribution in [0.15, 0.2) is 48.5 Å². The summed E-state index contributed by atoms with van der Waals surface area (Å²) in [6.07, 6.45) is -0.581. The molecule has 0 radical (unpaired) electrons. The second-order valence-electron chi connectivity index (χ2n) is 6.19. The predicted octanol–water partition coefficient (Wildman–Crippen LogP) is 3.04. The molecule has 4 nitrogen and oxygen atoms in total. The number of piperazine rings is 1. The van der Waals surface area contributed by atoms with E-state index in [1.165, 1.54) is 12.1 Å². The molecular formula is C19H22ClFN2O2. The lowest BCUT2D eigenvalue weighted by atomic mass is 10.2. The highest BCUT2D eigenvalue weighted by Crippen LogP contribution is 2.20. The van der Waals surface area contributed by atoms with E-state index >= 15 is 0 Å². The standard InChI is InChI=1S/C19H22ClFN2O2/c20-15-2-1-3-17(12-15)23-10-8-22(9-11-23)13-18(24)14-25-19-6-4-16(21)5-7-19/h1-7,12,18,24H,8-11,13-14H2. The van der Waals surface area contributed by atoms with E-state index in [0.717, 1.165) is 36.9 Å². The van der Waals surface area contributed by atoms with Gasteiger partial charge >= 0.3 is 0 Å². The largest absolute Gasteiger partial charge is 0.491 e. The monoisotopic (exact) mass is 364 g/mol. The summed E-state index contributed by atoms with van der Waals surface area (Å²) >= 11 is 6.05. The van der Waals surface area contributed by atoms with Crippen molar-refractivity contribution in [2.24, 2.45) is 0 Å². The molecule has 1 aliphatic rings. The molecule has 1 heterocycles. The van der Waals surface area contributed by atoms with E-state index < -0.39 is 6.10 Å². The average Bonchev–Trinajstić information content (AvgIpc) is 2.62. The first-order chi connectivity index (χ1) is 12.1. The lowest BCUT2D eigenvalue weighted by Gasteiger charge is -2.36. The summed E-state index contributed by atoms with van der Waals surface area (Å²) in [5.41, 5.74) is 1.13. The number of benzene rings is 2. The minimum atomic E-state index is -0.581. The van der Waals surface area contributed by atoms with Gasteiger partial charge in [-0.25, -0.2) is 4.39 Å². The zero-order valence-electron chi connectivity index (χ0n) is 13.9. The Morgan fingerprint density at radius 1 is 1.08 bits per heavy atom. The van der Waals surface area contributed by atoms with Gasteiger partial charge in [0.2, 0.25) is 0 Å². The first-order valence-electron chi connectivity index (χ1n) is 8.39. The van der Waals surface area contributed by atoms with Crippen LogP contribution in [0.5, 0.6) is 5.75 Å². The quantitative estimate of drug-likeness (QED) is 0.854. The minimum absolute atomic E-state index is 0.195. The molecule has 6 heteroatoms. The minimum Gasteiger partial charge on any atom is -0.491 e. The van der Waals surface area contributed by atoms with Gasteiger partial charge in [-0.1, -0.05) is 17.7 Å². The number of anilines is 1. The number of hydrogen-bond donors (Lipinski definition) is 1. The van der Waals surface area contributed by atoms with Crippen LogP contribution in [0.1, 0.15) is 0 Å². The van der Waals surface area contributed by atoms with Gasteiger partial charge in [0.25, 0.3) is 0 Å². The molecular weight excluding hydrogens is 343 g/mol. The van der Waals surface area contributed by atoms with E-state index in [2.05, 4.69) is 15.9 Å². The van der Waals surface area contributed by atoms with Crippen molar-refractivity contribution < 1.29 is 14.2 Å². The van der Waals surface area contributed by atoms with Crippen LogP contribution in [0.25, 0.3) is 0 Å². The van der Waals surface area contributed by atoms with Gasteiger partial charge in [0.15, 0.2) is 0 Å². The van der Waals surface area contributed by atoms with Crippen molar-refractivity contribution in [2.45, 2.75) is 6.10 Å². The van der Waals surface area contributed by atoms with Crippen molar-refractivity contribution in [1.29, 1.82) is 0 Å². The van der Waals surface area contributed by atoms with Gasteiger partial charge in [0, 0.05) is 43.4 Å². The molecule has 0 aromatic heterocycles. The highest BCUT2D eigenvalue weighted by atomic mass is 35.5. The Hall–Kier alpha value is -1.82. The molecule has 1 atom stereocenters. The zero-order valence-corrected chi connectivity index (χ0v) is 14.7. The Labute approximate surface area is 152 Å². The topological polar surface area (TPSA) is 35.9 Å². The Morgan fingerprint density at radius 2 is 1.80 bits per heavy atom. The average molecular weight is 365 g/mol. The zero-order chi connectivity index (χ0) is 17.6. The van der Waals surface area contributed by atoms with Crippen molar-refractivity contribution in [3.63, 3.8) is 0 Å². The maximum absolute atomic E-state index is 12.8. The van der Waals surface area contributed by atoms with E-state index in [1.807, 2.05) is 18.2 Å². The number of hydrogen-bond acceptors (Lipinski definition) is 4. The van der Waals surface area contributed by atoms with Gasteiger partial charge < -0.3 is 14.7 Å². The smallest absolute Gasteiger partial charge is 0.123 e. The van der Waals surface area contributed by atoms with Gasteiger partial charge in [-0.15, -0.1) is 0 Å². The predicted molar refractivity (Wildman–Crippen MR) is 98.0 cm³/mol. The maximum atomic E-state index is 12.8. The Kier molecular flexibility index (Phi) is 6.13. The number of aliphatic hydroxyl groups excluding tert-OH is 1. The van der Waals surface area contributed by atoms with Crippen molar-refractivity contribution >= 4 is 17.3 Å². The summed E-state index contributed by atoms with van der Waals surface area (Å²) in [6, 6.07) is 13.7. The van der Waals surface area contributed by atoms with Crippen LogP contribution in [-0.2, 0) is 0 Å². The fourth-order valence-electron chi connectivity index (χ4n) is 2.94. The molecule has 0 aliphatic carbocycles. The molecule has 0 bridgehead atoms. The summed E-state index contributed by atoms with van der Waals surface area (Å²) in [5.74, 6) is 0.261. The van der Waals surface area contributed by atoms with Crippen LogP contribution >= 0.6 is 11.6 Å². The summed E-state index contributed by atoms with van der Waals surface area (Å²) in [7, 11) is 0. The first kappa shape index (κ1) is 18.0. The fraction of sp³-hybridized carbons (Fsp3) is 0.368. The Morgan fingerprint density at radius 3 is 2.48 bits per heavy atom. The van der Waals surface area contributed by atoms with Crippen LogP contribution in [0.3, 0.4) is 0 Å². The summed E-state index contributed by atoms with van der Waals surface area (Å²) in [4.78, 5) is 4.52. The van der Waals surface area contributed by atoms with E-state index in [4.69, 9.17) is 16.3 Å². The van der Waals surface area contributed by atoms with Crippen molar-refractivity contribution in [2.75, 3.05) is 44.2 Å². The maximum Gasteiger partial charge on any atom is 0.123 e. The fourth-order valence-corrected chi connectivity index (χ4v) is 3.12. The molecule has 25 heavy (non-hydrogen) atoms. The van der Waals surface area contributed by atoms with Crippen LogP contribution in [0.4, 0.5) is 10.1 Å². The Bertz CT molecular complexity index is 675. The molecule has 1 aliphatic heterocycles. The lowest BCUT2D eigenvalue weighted by molar-refractivity contribution is 0.0663. The normalized spacial score (nSPS) is 16.7. The molecule has 1 unspecified atom stereocenters. The highest BCUT2D eigenvalue weighted by molar-refractivity contribution is 6.30. The number of rotatable bonds is 6. The number of nitrogens with zero attached hydrogens (tertiary/aromatic N) is 2. The van der Waals surface area contributed by atoms with E-state index in [0.29, 0.717) is 12.3 Å². The third-order valence-corrected chi connectivity index (χ3v) is 4.51. The molecule has 2 aromatic rings. The van der Waals surface area contributed by atoms with Gasteiger partial charge in [0.1, 0.15) is 24.3 Å². The summed E-state index contributed by atoms with van der Waals surface area (Å²) in [5, 5.41) is 10.9. The van der Waals surface area contributed by atoms with Crippen LogP contribution < -0.4 is 9.64 Å².